The maximum absolute atomic E-state index is 11.1. The standard InChI is InChI=1S/C17H18O3S/c1-12-6-8-14(9-7-12)21-11-10-20-16-5-3-4-15(13(16)2)17(18)19/h3-9H,10-11H2,1-2H3,(H,18,19). The summed E-state index contributed by atoms with van der Waals surface area (Å²) in [7, 11) is 0. The maximum Gasteiger partial charge on any atom is 0.336 e. The highest BCUT2D eigenvalue weighted by molar-refractivity contribution is 7.99. The molecule has 0 spiro atoms. The molecule has 2 aromatic carbocycles. The fourth-order valence-electron chi connectivity index (χ4n) is 1.95. The Morgan fingerprint density at radius 2 is 1.86 bits per heavy atom. The lowest BCUT2D eigenvalue weighted by Gasteiger charge is -2.10. The van der Waals surface area contributed by atoms with Crippen molar-refractivity contribution in [3.05, 3.63) is 59.2 Å². The Morgan fingerprint density at radius 1 is 1.14 bits per heavy atom. The summed E-state index contributed by atoms with van der Waals surface area (Å²) in [6.07, 6.45) is 0. The highest BCUT2D eigenvalue weighted by atomic mass is 32.2. The fourth-order valence-corrected chi connectivity index (χ4v) is 2.68. The number of aromatic carboxylic acids is 1. The van der Waals surface area contributed by atoms with Gasteiger partial charge in [0.25, 0.3) is 0 Å². The highest BCUT2D eigenvalue weighted by Crippen LogP contribution is 2.23. The first-order valence-electron chi connectivity index (χ1n) is 6.73. The van der Waals surface area contributed by atoms with Gasteiger partial charge in [-0.2, -0.15) is 0 Å². The summed E-state index contributed by atoms with van der Waals surface area (Å²) in [6, 6.07) is 13.5. The predicted molar refractivity (Wildman–Crippen MR) is 85.5 cm³/mol. The average molecular weight is 302 g/mol. The second kappa shape index (κ2) is 7.18. The van der Waals surface area contributed by atoms with Crippen molar-refractivity contribution in [1.29, 1.82) is 0 Å². The number of carbonyl (C=O) groups is 1. The lowest BCUT2D eigenvalue weighted by molar-refractivity contribution is 0.0695. The van der Waals surface area contributed by atoms with E-state index in [1.807, 2.05) is 0 Å². The SMILES string of the molecule is Cc1ccc(SCCOc2cccc(C(=O)O)c2C)cc1. The van der Waals surface area contributed by atoms with Crippen molar-refractivity contribution in [3.8, 4) is 5.75 Å². The highest BCUT2D eigenvalue weighted by Gasteiger charge is 2.10. The Kier molecular flexibility index (Phi) is 5.28. The van der Waals surface area contributed by atoms with Gasteiger partial charge in [-0.1, -0.05) is 23.8 Å². The number of ether oxygens (including phenoxy) is 1. The molecule has 0 aliphatic heterocycles. The maximum atomic E-state index is 11.1. The van der Waals surface area contributed by atoms with Crippen molar-refractivity contribution >= 4 is 17.7 Å². The van der Waals surface area contributed by atoms with Crippen LogP contribution in [0.5, 0.6) is 5.75 Å². The van der Waals surface area contributed by atoms with Gasteiger partial charge >= 0.3 is 5.97 Å². The molecule has 0 atom stereocenters. The summed E-state index contributed by atoms with van der Waals surface area (Å²) < 4.78 is 5.69. The number of carboxylic acid groups (broad SMARTS) is 1. The number of rotatable bonds is 6. The fraction of sp³-hybridized carbons (Fsp3) is 0.235. The van der Waals surface area contributed by atoms with Crippen molar-refractivity contribution in [2.75, 3.05) is 12.4 Å². The average Bonchev–Trinajstić information content (AvgIpc) is 2.46. The first-order chi connectivity index (χ1) is 10.1. The topological polar surface area (TPSA) is 46.5 Å². The molecule has 2 rings (SSSR count). The number of carboxylic acids is 1. The van der Waals surface area contributed by atoms with Crippen LogP contribution in [0.2, 0.25) is 0 Å². The molecule has 21 heavy (non-hydrogen) atoms. The normalized spacial score (nSPS) is 10.4. The first kappa shape index (κ1) is 15.4. The summed E-state index contributed by atoms with van der Waals surface area (Å²) in [4.78, 5) is 12.3. The molecular weight excluding hydrogens is 284 g/mol. The van der Waals surface area contributed by atoms with Gasteiger partial charge in [-0.15, -0.1) is 11.8 Å². The quantitative estimate of drug-likeness (QED) is 0.642. The van der Waals surface area contributed by atoms with E-state index in [1.54, 1.807) is 36.9 Å². The Bertz CT molecular complexity index is 620. The molecule has 0 aliphatic carbocycles. The van der Waals surface area contributed by atoms with Gasteiger partial charge in [-0.25, -0.2) is 4.79 Å². The van der Waals surface area contributed by atoms with Gasteiger partial charge in [-0.05, 0) is 38.1 Å². The summed E-state index contributed by atoms with van der Waals surface area (Å²) in [5.74, 6) is 0.533. The molecule has 0 radical (unpaired) electrons. The van der Waals surface area contributed by atoms with Crippen LogP contribution in [0, 0.1) is 13.8 Å². The Morgan fingerprint density at radius 3 is 2.52 bits per heavy atom. The molecule has 1 N–H and O–H groups in total. The van der Waals surface area contributed by atoms with Crippen LogP contribution in [0.1, 0.15) is 21.5 Å². The minimum Gasteiger partial charge on any atom is -0.492 e. The number of hydrogen-bond donors (Lipinski definition) is 1. The Balaban J connectivity index is 1.88. The van der Waals surface area contributed by atoms with Crippen molar-refractivity contribution in [2.24, 2.45) is 0 Å². The molecule has 0 unspecified atom stereocenters. The molecule has 0 heterocycles. The summed E-state index contributed by atoms with van der Waals surface area (Å²) >= 11 is 1.72. The van der Waals surface area contributed by atoms with Crippen LogP contribution in [0.25, 0.3) is 0 Å². The van der Waals surface area contributed by atoms with Crippen molar-refractivity contribution in [1.82, 2.24) is 0 Å². The van der Waals surface area contributed by atoms with Crippen LogP contribution in [-0.4, -0.2) is 23.4 Å². The van der Waals surface area contributed by atoms with Crippen LogP contribution < -0.4 is 4.74 Å². The zero-order valence-electron chi connectivity index (χ0n) is 12.1. The monoisotopic (exact) mass is 302 g/mol. The molecule has 0 amide bonds. The van der Waals surface area contributed by atoms with Crippen LogP contribution in [-0.2, 0) is 0 Å². The number of aryl methyl sites for hydroxylation is 1. The van der Waals surface area contributed by atoms with Crippen LogP contribution in [0.4, 0.5) is 0 Å². The van der Waals surface area contributed by atoms with E-state index in [2.05, 4.69) is 31.2 Å². The molecule has 0 aromatic heterocycles. The van der Waals surface area contributed by atoms with E-state index in [0.717, 1.165) is 5.75 Å². The van der Waals surface area contributed by atoms with E-state index < -0.39 is 5.97 Å². The van der Waals surface area contributed by atoms with Crippen LogP contribution >= 0.6 is 11.8 Å². The Hall–Kier alpha value is -1.94. The lowest BCUT2D eigenvalue weighted by Crippen LogP contribution is -2.05. The second-order valence-corrected chi connectivity index (χ2v) is 5.91. The number of benzene rings is 2. The van der Waals surface area contributed by atoms with Gasteiger partial charge in [0.1, 0.15) is 5.75 Å². The largest absolute Gasteiger partial charge is 0.492 e. The molecule has 0 bridgehead atoms. The first-order valence-corrected chi connectivity index (χ1v) is 7.71. The predicted octanol–water partition coefficient (Wildman–Crippen LogP) is 4.17. The summed E-state index contributed by atoms with van der Waals surface area (Å²) in [5.41, 5.74) is 2.21. The molecule has 0 saturated carbocycles. The molecular formula is C17H18O3S. The van der Waals surface area contributed by atoms with E-state index in [4.69, 9.17) is 9.84 Å². The molecule has 0 fully saturated rings. The van der Waals surface area contributed by atoms with Gasteiger partial charge in [0, 0.05) is 16.2 Å². The third-order valence-corrected chi connectivity index (χ3v) is 4.12. The minimum absolute atomic E-state index is 0.290. The lowest BCUT2D eigenvalue weighted by atomic mass is 10.1. The zero-order valence-corrected chi connectivity index (χ0v) is 12.9. The van der Waals surface area contributed by atoms with Crippen molar-refractivity contribution < 1.29 is 14.6 Å². The second-order valence-electron chi connectivity index (χ2n) is 4.74. The van der Waals surface area contributed by atoms with Crippen LogP contribution in [0.3, 0.4) is 0 Å². The molecule has 0 saturated heterocycles. The molecule has 110 valence electrons. The van der Waals surface area contributed by atoms with Gasteiger partial charge in [0.05, 0.1) is 12.2 Å². The summed E-state index contributed by atoms with van der Waals surface area (Å²) in [6.45, 7) is 4.38. The van der Waals surface area contributed by atoms with Crippen molar-refractivity contribution in [3.63, 3.8) is 0 Å². The third-order valence-electron chi connectivity index (χ3n) is 3.15. The Labute approximate surface area is 129 Å². The molecule has 3 nitrogen and oxygen atoms in total. The smallest absolute Gasteiger partial charge is 0.336 e. The number of thioether (sulfide) groups is 1. The van der Waals surface area contributed by atoms with E-state index in [1.165, 1.54) is 10.5 Å². The third kappa shape index (κ3) is 4.26. The van der Waals surface area contributed by atoms with Gasteiger partial charge in [0.15, 0.2) is 0 Å². The van der Waals surface area contributed by atoms with E-state index >= 15 is 0 Å². The van der Waals surface area contributed by atoms with Gasteiger partial charge in [-0.3, -0.25) is 0 Å². The van der Waals surface area contributed by atoms with E-state index in [0.29, 0.717) is 23.5 Å². The van der Waals surface area contributed by atoms with E-state index in [-0.39, 0.29) is 0 Å². The summed E-state index contributed by atoms with van der Waals surface area (Å²) in [5, 5.41) is 9.07. The van der Waals surface area contributed by atoms with Gasteiger partial charge < -0.3 is 9.84 Å². The number of hydrogen-bond acceptors (Lipinski definition) is 3. The molecule has 2 aromatic rings. The molecule has 4 heteroatoms. The van der Waals surface area contributed by atoms with E-state index in [9.17, 15) is 4.79 Å². The van der Waals surface area contributed by atoms with Gasteiger partial charge in [0.2, 0.25) is 0 Å². The zero-order chi connectivity index (χ0) is 15.2. The minimum atomic E-state index is -0.924. The van der Waals surface area contributed by atoms with Crippen LogP contribution in [0.15, 0.2) is 47.4 Å². The van der Waals surface area contributed by atoms with Crippen molar-refractivity contribution in [2.45, 2.75) is 18.7 Å². The molecule has 0 aliphatic rings.